The highest BCUT2D eigenvalue weighted by Gasteiger charge is 2.46. The summed E-state index contributed by atoms with van der Waals surface area (Å²) in [6.07, 6.45) is 2.64. The Morgan fingerprint density at radius 1 is 0.833 bits per heavy atom. The predicted molar refractivity (Wildman–Crippen MR) is 125 cm³/mol. The van der Waals surface area contributed by atoms with Gasteiger partial charge >= 0.3 is 0 Å². The summed E-state index contributed by atoms with van der Waals surface area (Å²) in [5.74, 6) is 1.16. The van der Waals surface area contributed by atoms with E-state index in [1.807, 2.05) is 0 Å². The summed E-state index contributed by atoms with van der Waals surface area (Å²) in [7, 11) is 0. The van der Waals surface area contributed by atoms with E-state index in [0.717, 1.165) is 12.5 Å². The third-order valence-electron chi connectivity index (χ3n) is 7.15. The van der Waals surface area contributed by atoms with Crippen molar-refractivity contribution >= 4 is 0 Å². The molecular formula is C28H32N2. The first-order valence-corrected chi connectivity index (χ1v) is 11.4. The van der Waals surface area contributed by atoms with Crippen LogP contribution in [0.1, 0.15) is 41.0 Å². The van der Waals surface area contributed by atoms with Gasteiger partial charge in [0, 0.05) is 24.5 Å². The summed E-state index contributed by atoms with van der Waals surface area (Å²) in [6, 6.07) is 32.2. The van der Waals surface area contributed by atoms with E-state index in [9.17, 15) is 0 Å². The Hall–Kier alpha value is -2.42. The number of fused-ring (bicyclic) bond motifs is 3. The van der Waals surface area contributed by atoms with E-state index in [1.54, 1.807) is 0 Å². The average Bonchev–Trinajstić information content (AvgIpc) is 2.81. The lowest BCUT2D eigenvalue weighted by molar-refractivity contribution is 0.00468. The van der Waals surface area contributed by atoms with Crippen LogP contribution in [0.5, 0.6) is 0 Å². The van der Waals surface area contributed by atoms with Gasteiger partial charge in [0.1, 0.15) is 0 Å². The van der Waals surface area contributed by atoms with Crippen LogP contribution in [0.3, 0.4) is 0 Å². The number of benzene rings is 3. The van der Waals surface area contributed by atoms with E-state index in [2.05, 4.69) is 102 Å². The van der Waals surface area contributed by atoms with Gasteiger partial charge in [-0.3, -0.25) is 4.90 Å². The minimum atomic E-state index is 0.394. The van der Waals surface area contributed by atoms with Gasteiger partial charge in [-0.1, -0.05) is 90.5 Å². The van der Waals surface area contributed by atoms with Gasteiger partial charge in [0.25, 0.3) is 0 Å². The van der Waals surface area contributed by atoms with Crippen LogP contribution >= 0.6 is 0 Å². The number of aryl methyl sites for hydroxylation is 1. The van der Waals surface area contributed by atoms with Gasteiger partial charge in [0.05, 0.1) is 0 Å². The lowest BCUT2D eigenvalue weighted by atomic mass is 9.70. The number of nitrogens with one attached hydrogen (secondary N) is 1. The average molecular weight is 397 g/mol. The highest BCUT2D eigenvalue weighted by atomic mass is 15.2. The lowest BCUT2D eigenvalue weighted by Crippen LogP contribution is -2.64. The summed E-state index contributed by atoms with van der Waals surface area (Å²) < 4.78 is 0. The minimum Gasteiger partial charge on any atom is -0.308 e. The van der Waals surface area contributed by atoms with E-state index < -0.39 is 0 Å². The van der Waals surface area contributed by atoms with E-state index >= 15 is 0 Å². The molecule has 2 atom stereocenters. The van der Waals surface area contributed by atoms with Crippen molar-refractivity contribution in [3.05, 3.63) is 107 Å². The monoisotopic (exact) mass is 396 g/mol. The Bertz CT molecular complexity index is 905. The molecule has 2 bridgehead atoms. The van der Waals surface area contributed by atoms with Crippen molar-refractivity contribution in [2.24, 2.45) is 5.92 Å². The molecule has 3 heterocycles. The summed E-state index contributed by atoms with van der Waals surface area (Å²) in [4.78, 5) is 2.76. The molecule has 3 saturated heterocycles. The fourth-order valence-electron chi connectivity index (χ4n) is 5.75. The summed E-state index contributed by atoms with van der Waals surface area (Å²) >= 11 is 0. The van der Waals surface area contributed by atoms with E-state index in [4.69, 9.17) is 0 Å². The number of piperidine rings is 3. The van der Waals surface area contributed by atoms with Gasteiger partial charge in [-0.15, -0.1) is 0 Å². The van der Waals surface area contributed by atoms with Crippen molar-refractivity contribution in [2.45, 2.75) is 44.3 Å². The molecule has 0 aliphatic carbocycles. The van der Waals surface area contributed by atoms with Crippen LogP contribution in [0.2, 0.25) is 0 Å². The molecule has 0 radical (unpaired) electrons. The first-order valence-electron chi connectivity index (χ1n) is 11.4. The first kappa shape index (κ1) is 19.5. The van der Waals surface area contributed by atoms with Gasteiger partial charge in [-0.25, -0.2) is 0 Å². The molecular weight excluding hydrogens is 364 g/mol. The first-order chi connectivity index (χ1) is 14.8. The van der Waals surface area contributed by atoms with Crippen molar-refractivity contribution in [3.63, 3.8) is 0 Å². The second-order valence-electron chi connectivity index (χ2n) is 9.06. The molecule has 0 saturated carbocycles. The third kappa shape index (κ3) is 3.95. The Morgan fingerprint density at radius 3 is 2.07 bits per heavy atom. The maximum Gasteiger partial charge on any atom is 0.0361 e. The van der Waals surface area contributed by atoms with Crippen LogP contribution in [0, 0.1) is 12.8 Å². The zero-order valence-electron chi connectivity index (χ0n) is 17.9. The van der Waals surface area contributed by atoms with Crippen LogP contribution in [-0.2, 0) is 6.54 Å². The van der Waals surface area contributed by atoms with E-state index in [1.165, 1.54) is 48.2 Å². The Labute approximate surface area is 180 Å². The minimum absolute atomic E-state index is 0.394. The molecule has 3 aliphatic rings. The number of hydrogen-bond donors (Lipinski definition) is 1. The van der Waals surface area contributed by atoms with Gasteiger partial charge in [-0.2, -0.15) is 0 Å². The number of rotatable bonds is 6. The van der Waals surface area contributed by atoms with Gasteiger partial charge in [0.2, 0.25) is 0 Å². The van der Waals surface area contributed by atoms with Crippen molar-refractivity contribution < 1.29 is 0 Å². The molecule has 0 amide bonds. The highest BCUT2D eigenvalue weighted by Crippen LogP contribution is 2.42. The van der Waals surface area contributed by atoms with Crippen molar-refractivity contribution in [1.82, 2.24) is 10.2 Å². The fraction of sp³-hybridized carbons (Fsp3) is 0.357. The summed E-state index contributed by atoms with van der Waals surface area (Å²) in [5.41, 5.74) is 5.60. The largest absolute Gasteiger partial charge is 0.308 e. The van der Waals surface area contributed by atoms with Crippen LogP contribution in [0.4, 0.5) is 0 Å². The summed E-state index contributed by atoms with van der Waals surface area (Å²) in [5, 5.41) is 4.02. The Morgan fingerprint density at radius 2 is 1.47 bits per heavy atom. The van der Waals surface area contributed by atoms with Crippen molar-refractivity contribution in [2.75, 3.05) is 13.1 Å². The maximum atomic E-state index is 4.02. The molecule has 3 aliphatic heterocycles. The number of hydrogen-bond acceptors (Lipinski definition) is 2. The molecule has 6 rings (SSSR count). The smallest absolute Gasteiger partial charge is 0.0361 e. The quantitative estimate of drug-likeness (QED) is 0.602. The molecule has 3 aromatic rings. The highest BCUT2D eigenvalue weighted by molar-refractivity contribution is 5.36. The normalized spacial score (nSPS) is 25.5. The van der Waals surface area contributed by atoms with Gasteiger partial charge in [-0.05, 0) is 55.5 Å². The topological polar surface area (TPSA) is 15.3 Å². The van der Waals surface area contributed by atoms with Gasteiger partial charge < -0.3 is 5.32 Å². The second-order valence-corrected chi connectivity index (χ2v) is 9.06. The molecule has 3 aromatic carbocycles. The standard InChI is InChI=1S/C28H32N2/c1-21-9-8-10-22(19-21)20-29-27-25-15-17-30(18-16-25)28(27)26(23-11-4-2-5-12-23)24-13-6-3-7-14-24/h2-14,19,25-29H,15-18,20H2,1H3. The van der Waals surface area contributed by atoms with Crippen molar-refractivity contribution in [1.29, 1.82) is 0 Å². The molecule has 2 unspecified atom stereocenters. The SMILES string of the molecule is Cc1cccc(CNC2C3CCN(CC3)C2C(c2ccccc2)c2ccccc2)c1. The van der Waals surface area contributed by atoms with Crippen LogP contribution in [0.25, 0.3) is 0 Å². The van der Waals surface area contributed by atoms with E-state index in [0.29, 0.717) is 18.0 Å². The predicted octanol–water partition coefficient (Wildman–Crippen LogP) is 5.38. The molecule has 0 aromatic heterocycles. The molecule has 2 heteroatoms. The zero-order chi connectivity index (χ0) is 20.3. The Balaban J connectivity index is 1.49. The second kappa shape index (κ2) is 8.75. The molecule has 154 valence electrons. The van der Waals surface area contributed by atoms with Crippen LogP contribution in [0.15, 0.2) is 84.9 Å². The van der Waals surface area contributed by atoms with Crippen LogP contribution < -0.4 is 5.32 Å². The van der Waals surface area contributed by atoms with Crippen LogP contribution in [-0.4, -0.2) is 30.1 Å². The summed E-state index contributed by atoms with van der Waals surface area (Å²) in [6.45, 7) is 5.59. The molecule has 2 nitrogen and oxygen atoms in total. The molecule has 3 fully saturated rings. The zero-order valence-corrected chi connectivity index (χ0v) is 17.9. The van der Waals surface area contributed by atoms with Gasteiger partial charge in [0.15, 0.2) is 0 Å². The lowest BCUT2D eigenvalue weighted by Gasteiger charge is -2.54. The Kier molecular flexibility index (Phi) is 5.70. The maximum absolute atomic E-state index is 4.02. The molecule has 30 heavy (non-hydrogen) atoms. The third-order valence-corrected chi connectivity index (χ3v) is 7.15. The molecule has 0 spiro atoms. The van der Waals surface area contributed by atoms with Crippen molar-refractivity contribution in [3.8, 4) is 0 Å². The fourth-order valence-corrected chi connectivity index (χ4v) is 5.75. The number of nitrogens with zero attached hydrogens (tertiary/aromatic N) is 1. The molecule has 1 N–H and O–H groups in total. The van der Waals surface area contributed by atoms with E-state index in [-0.39, 0.29) is 0 Å².